The number of halogens is 2. The number of aryl methyl sites for hydroxylation is 1. The van der Waals surface area contributed by atoms with E-state index in [4.69, 9.17) is 0 Å². The van der Waals surface area contributed by atoms with Gasteiger partial charge in [-0.3, -0.25) is 9.59 Å². The minimum absolute atomic E-state index is 0.0257. The van der Waals surface area contributed by atoms with Crippen molar-refractivity contribution >= 4 is 11.9 Å². The van der Waals surface area contributed by atoms with Crippen LogP contribution in [0.2, 0.25) is 0 Å². The smallest absolute Gasteiger partial charge is 0.307 e. The van der Waals surface area contributed by atoms with Crippen molar-refractivity contribution in [2.45, 2.75) is 20.3 Å². The Hall–Kier alpha value is -1.98. The highest BCUT2D eigenvalue weighted by Gasteiger charge is 2.20. The van der Waals surface area contributed by atoms with E-state index >= 15 is 0 Å². The number of esters is 1. The summed E-state index contributed by atoms with van der Waals surface area (Å²) in [5, 5.41) is 0. The van der Waals surface area contributed by atoms with E-state index in [1.165, 1.54) is 25.0 Å². The topological polar surface area (TPSA) is 46.6 Å². The number of rotatable bonds is 5. The fourth-order valence-corrected chi connectivity index (χ4v) is 1.72. The summed E-state index contributed by atoms with van der Waals surface area (Å²) in [6.07, 6.45) is 0.0257. The largest absolute Gasteiger partial charge is 0.469 e. The molecule has 0 N–H and O–H groups in total. The maximum absolute atomic E-state index is 13.7. The van der Waals surface area contributed by atoms with Gasteiger partial charge in [0.1, 0.15) is 11.6 Å². The number of amides is 1. The van der Waals surface area contributed by atoms with E-state index in [1.807, 2.05) is 0 Å². The van der Waals surface area contributed by atoms with E-state index < -0.39 is 23.5 Å². The maximum Gasteiger partial charge on any atom is 0.307 e. The molecule has 0 unspecified atom stereocenters. The van der Waals surface area contributed by atoms with Gasteiger partial charge in [-0.25, -0.2) is 8.78 Å². The summed E-state index contributed by atoms with van der Waals surface area (Å²) in [7, 11) is 1.25. The van der Waals surface area contributed by atoms with E-state index in [1.54, 1.807) is 6.92 Å². The Labute approximate surface area is 116 Å². The number of methoxy groups -OCH3 is 1. The third kappa shape index (κ3) is 3.76. The van der Waals surface area contributed by atoms with Gasteiger partial charge in [0, 0.05) is 19.2 Å². The minimum Gasteiger partial charge on any atom is -0.469 e. The first-order valence-corrected chi connectivity index (χ1v) is 6.22. The molecule has 1 amide bonds. The Bertz CT molecular complexity index is 517. The molecule has 0 heterocycles. The van der Waals surface area contributed by atoms with Crippen LogP contribution in [0.1, 0.15) is 29.3 Å². The molecular formula is C14H17F2NO3. The molecular weight excluding hydrogens is 268 g/mol. The predicted molar refractivity (Wildman–Crippen MR) is 69.3 cm³/mol. The highest BCUT2D eigenvalue weighted by Crippen LogP contribution is 2.16. The van der Waals surface area contributed by atoms with E-state index in [2.05, 4.69) is 4.74 Å². The lowest BCUT2D eigenvalue weighted by Gasteiger charge is -2.21. The van der Waals surface area contributed by atoms with Crippen molar-refractivity contribution in [2.24, 2.45) is 0 Å². The Balaban J connectivity index is 2.91. The molecule has 110 valence electrons. The molecule has 0 aliphatic heterocycles. The van der Waals surface area contributed by atoms with Gasteiger partial charge < -0.3 is 9.64 Å². The number of hydrogen-bond acceptors (Lipinski definition) is 3. The van der Waals surface area contributed by atoms with Gasteiger partial charge in [-0.1, -0.05) is 0 Å². The Kier molecular flexibility index (Phi) is 5.61. The zero-order valence-electron chi connectivity index (χ0n) is 11.7. The van der Waals surface area contributed by atoms with Crippen molar-refractivity contribution in [1.29, 1.82) is 0 Å². The van der Waals surface area contributed by atoms with Crippen LogP contribution in [0.5, 0.6) is 0 Å². The van der Waals surface area contributed by atoms with Gasteiger partial charge in [-0.2, -0.15) is 0 Å². The fourth-order valence-electron chi connectivity index (χ4n) is 1.72. The van der Waals surface area contributed by atoms with Crippen molar-refractivity contribution in [3.63, 3.8) is 0 Å². The zero-order chi connectivity index (χ0) is 15.3. The van der Waals surface area contributed by atoms with Crippen LogP contribution in [0.15, 0.2) is 12.1 Å². The van der Waals surface area contributed by atoms with Crippen LogP contribution >= 0.6 is 0 Å². The van der Waals surface area contributed by atoms with Gasteiger partial charge in [0.2, 0.25) is 0 Å². The van der Waals surface area contributed by atoms with Crippen LogP contribution in [0.25, 0.3) is 0 Å². The first-order valence-electron chi connectivity index (χ1n) is 6.22. The van der Waals surface area contributed by atoms with Gasteiger partial charge in [-0.05, 0) is 25.5 Å². The molecule has 0 bridgehead atoms. The second kappa shape index (κ2) is 6.98. The standard InChI is InChI=1S/C14H17F2NO3/c1-4-17(6-5-13(18)20-3)14(19)10-7-9(2)11(15)8-12(10)16/h7-8H,4-6H2,1-3H3. The highest BCUT2D eigenvalue weighted by atomic mass is 19.1. The summed E-state index contributed by atoms with van der Waals surface area (Å²) in [6.45, 7) is 3.60. The van der Waals surface area contributed by atoms with Crippen molar-refractivity contribution in [3.8, 4) is 0 Å². The van der Waals surface area contributed by atoms with Gasteiger partial charge in [0.15, 0.2) is 0 Å². The molecule has 0 aliphatic carbocycles. The molecule has 0 fully saturated rings. The van der Waals surface area contributed by atoms with Gasteiger partial charge in [0.25, 0.3) is 5.91 Å². The number of carbonyl (C=O) groups is 2. The maximum atomic E-state index is 13.7. The van der Waals surface area contributed by atoms with Gasteiger partial charge in [-0.15, -0.1) is 0 Å². The van der Waals surface area contributed by atoms with Crippen molar-refractivity contribution in [1.82, 2.24) is 4.90 Å². The summed E-state index contributed by atoms with van der Waals surface area (Å²) in [4.78, 5) is 24.6. The molecule has 0 aliphatic rings. The summed E-state index contributed by atoms with van der Waals surface area (Å²) in [6, 6.07) is 1.87. The number of carbonyl (C=O) groups excluding carboxylic acids is 2. The van der Waals surface area contributed by atoms with Crippen LogP contribution in [0.4, 0.5) is 8.78 Å². The third-order valence-corrected chi connectivity index (χ3v) is 2.96. The molecule has 0 radical (unpaired) electrons. The summed E-state index contributed by atoms with van der Waals surface area (Å²) >= 11 is 0. The SMILES string of the molecule is CCN(CCC(=O)OC)C(=O)c1cc(C)c(F)cc1F. The highest BCUT2D eigenvalue weighted by molar-refractivity contribution is 5.94. The third-order valence-electron chi connectivity index (χ3n) is 2.96. The molecule has 4 nitrogen and oxygen atoms in total. The van der Waals surface area contributed by atoms with E-state index in [0.29, 0.717) is 12.6 Å². The van der Waals surface area contributed by atoms with Gasteiger partial charge in [0.05, 0.1) is 19.1 Å². The molecule has 0 spiro atoms. The Morgan fingerprint density at radius 3 is 2.45 bits per heavy atom. The summed E-state index contributed by atoms with van der Waals surface area (Å²) in [5.74, 6) is -2.63. The van der Waals surface area contributed by atoms with Gasteiger partial charge >= 0.3 is 5.97 Å². The molecule has 0 aromatic heterocycles. The van der Waals surface area contributed by atoms with Crippen molar-refractivity contribution in [2.75, 3.05) is 20.2 Å². The molecule has 6 heteroatoms. The lowest BCUT2D eigenvalue weighted by molar-refractivity contribution is -0.140. The molecule has 0 atom stereocenters. The molecule has 1 rings (SSSR count). The van der Waals surface area contributed by atoms with Crippen LogP contribution in [0.3, 0.4) is 0 Å². The van der Waals surface area contributed by atoms with E-state index in [0.717, 1.165) is 0 Å². The molecule has 1 aromatic rings. The second-order valence-electron chi connectivity index (χ2n) is 4.29. The average Bonchev–Trinajstić information content (AvgIpc) is 2.42. The number of nitrogens with zero attached hydrogens (tertiary/aromatic N) is 1. The quantitative estimate of drug-likeness (QED) is 0.780. The lowest BCUT2D eigenvalue weighted by atomic mass is 10.1. The average molecular weight is 285 g/mol. The Morgan fingerprint density at radius 1 is 1.25 bits per heavy atom. The first-order chi connectivity index (χ1) is 9.40. The predicted octanol–water partition coefficient (Wildman–Crippen LogP) is 2.30. The van der Waals surface area contributed by atoms with Crippen LogP contribution in [-0.4, -0.2) is 37.0 Å². The van der Waals surface area contributed by atoms with E-state index in [9.17, 15) is 18.4 Å². The Morgan fingerprint density at radius 2 is 1.90 bits per heavy atom. The van der Waals surface area contributed by atoms with Crippen molar-refractivity contribution in [3.05, 3.63) is 34.9 Å². The van der Waals surface area contributed by atoms with Crippen LogP contribution in [-0.2, 0) is 9.53 Å². The summed E-state index contributed by atoms with van der Waals surface area (Å²) < 4.78 is 31.3. The lowest BCUT2D eigenvalue weighted by Crippen LogP contribution is -2.33. The second-order valence-corrected chi connectivity index (χ2v) is 4.29. The first kappa shape index (κ1) is 16.1. The zero-order valence-corrected chi connectivity index (χ0v) is 11.7. The fraction of sp³-hybridized carbons (Fsp3) is 0.429. The van der Waals surface area contributed by atoms with Crippen LogP contribution < -0.4 is 0 Å². The number of ether oxygens (including phenoxy) is 1. The number of hydrogen-bond donors (Lipinski definition) is 0. The molecule has 1 aromatic carbocycles. The van der Waals surface area contributed by atoms with E-state index in [-0.39, 0.29) is 24.1 Å². The summed E-state index contributed by atoms with van der Waals surface area (Å²) in [5.41, 5.74) is -0.00520. The molecule has 0 saturated heterocycles. The van der Waals surface area contributed by atoms with Crippen LogP contribution in [0, 0.1) is 18.6 Å². The monoisotopic (exact) mass is 285 g/mol. The minimum atomic E-state index is -0.908. The normalized spacial score (nSPS) is 10.2. The number of benzene rings is 1. The molecule has 20 heavy (non-hydrogen) atoms. The van der Waals surface area contributed by atoms with Crippen molar-refractivity contribution < 1.29 is 23.1 Å². The molecule has 0 saturated carbocycles.